The summed E-state index contributed by atoms with van der Waals surface area (Å²) in [6.45, 7) is 11.4. The van der Waals surface area contributed by atoms with Gasteiger partial charge in [0.25, 0.3) is 0 Å². The number of nitrogens with one attached hydrogen (secondary N) is 1. The number of hydrogen-bond acceptors (Lipinski definition) is 3. The molecule has 0 aromatic heterocycles. The smallest absolute Gasteiger partial charge is 0.410 e. The normalized spacial score (nSPS) is 12.8. The second-order valence-electron chi connectivity index (χ2n) is 6.75. The first-order chi connectivity index (χ1) is 10.7. The number of amides is 1. The zero-order chi connectivity index (χ0) is 17.5. The van der Waals surface area contributed by atoms with Crippen LogP contribution < -0.4 is 5.32 Å². The molecule has 1 amide bonds. The maximum Gasteiger partial charge on any atom is 0.410 e. The van der Waals surface area contributed by atoms with Crippen LogP contribution in [-0.4, -0.2) is 42.3 Å². The molecule has 0 heterocycles. The van der Waals surface area contributed by atoms with Crippen molar-refractivity contribution in [3.05, 3.63) is 35.6 Å². The van der Waals surface area contributed by atoms with Gasteiger partial charge in [-0.1, -0.05) is 12.1 Å². The summed E-state index contributed by atoms with van der Waals surface area (Å²) in [6, 6.07) is 6.84. The summed E-state index contributed by atoms with van der Waals surface area (Å²) in [5.74, 6) is -0.211. The Hall–Kier alpha value is -1.62. The number of likely N-dealkylation sites (N-methyl/N-ethyl adjacent to an activating group) is 1. The molecule has 23 heavy (non-hydrogen) atoms. The average Bonchev–Trinajstić information content (AvgIpc) is 2.41. The van der Waals surface area contributed by atoms with Gasteiger partial charge < -0.3 is 15.0 Å². The van der Waals surface area contributed by atoms with Crippen molar-refractivity contribution in [1.82, 2.24) is 10.2 Å². The van der Waals surface area contributed by atoms with Crippen molar-refractivity contribution in [3.8, 4) is 0 Å². The van der Waals surface area contributed by atoms with Crippen LogP contribution in [0.15, 0.2) is 24.3 Å². The number of ether oxygens (including phenoxy) is 1. The van der Waals surface area contributed by atoms with E-state index in [2.05, 4.69) is 12.2 Å². The third-order valence-electron chi connectivity index (χ3n) is 3.34. The molecular weight excluding hydrogens is 295 g/mol. The van der Waals surface area contributed by atoms with Crippen molar-refractivity contribution in [3.63, 3.8) is 0 Å². The van der Waals surface area contributed by atoms with Gasteiger partial charge in [-0.2, -0.15) is 0 Å². The standard InChI is InChI=1S/C18H29FN2O2/c1-6-21(17(22)23-18(3,4)5)11-10-20-14(2)12-15-8-7-9-16(19)13-15/h7-9,13-14,20H,6,10-12H2,1-5H3. The van der Waals surface area contributed by atoms with Crippen molar-refractivity contribution in [2.45, 2.75) is 52.7 Å². The van der Waals surface area contributed by atoms with Crippen LogP contribution in [0.3, 0.4) is 0 Å². The van der Waals surface area contributed by atoms with Crippen molar-refractivity contribution in [2.24, 2.45) is 0 Å². The van der Waals surface area contributed by atoms with Crippen molar-refractivity contribution < 1.29 is 13.9 Å². The van der Waals surface area contributed by atoms with Crippen molar-refractivity contribution >= 4 is 6.09 Å². The number of rotatable bonds is 7. The molecule has 1 aromatic rings. The van der Waals surface area contributed by atoms with Gasteiger partial charge >= 0.3 is 6.09 Å². The van der Waals surface area contributed by atoms with E-state index in [4.69, 9.17) is 4.74 Å². The summed E-state index contributed by atoms with van der Waals surface area (Å²) in [4.78, 5) is 13.7. The van der Waals surface area contributed by atoms with Gasteiger partial charge in [-0.15, -0.1) is 0 Å². The first-order valence-electron chi connectivity index (χ1n) is 8.17. The Morgan fingerprint density at radius 2 is 2.09 bits per heavy atom. The molecule has 1 atom stereocenters. The Balaban J connectivity index is 2.37. The molecular formula is C18H29FN2O2. The molecule has 0 spiro atoms. The Morgan fingerprint density at radius 3 is 2.65 bits per heavy atom. The van der Waals surface area contributed by atoms with Gasteiger partial charge in [0.1, 0.15) is 11.4 Å². The van der Waals surface area contributed by atoms with Gasteiger partial charge in [-0.3, -0.25) is 0 Å². The second-order valence-corrected chi connectivity index (χ2v) is 6.75. The fraction of sp³-hybridized carbons (Fsp3) is 0.611. The lowest BCUT2D eigenvalue weighted by atomic mass is 10.1. The maximum atomic E-state index is 13.2. The summed E-state index contributed by atoms with van der Waals surface area (Å²) in [6.07, 6.45) is 0.454. The number of carbonyl (C=O) groups is 1. The summed E-state index contributed by atoms with van der Waals surface area (Å²) in [5.41, 5.74) is 0.479. The molecule has 0 aliphatic rings. The molecule has 1 unspecified atom stereocenters. The van der Waals surface area contributed by atoms with Crippen LogP contribution in [0.2, 0.25) is 0 Å². The Bertz CT molecular complexity index is 500. The topological polar surface area (TPSA) is 41.6 Å². The van der Waals surface area contributed by atoms with E-state index < -0.39 is 5.60 Å². The fourth-order valence-electron chi connectivity index (χ4n) is 2.24. The molecule has 0 saturated heterocycles. The van der Waals surface area contributed by atoms with Crippen LogP contribution in [0.4, 0.5) is 9.18 Å². The van der Waals surface area contributed by atoms with Gasteiger partial charge in [0.05, 0.1) is 0 Å². The van der Waals surface area contributed by atoms with Crippen molar-refractivity contribution in [2.75, 3.05) is 19.6 Å². The molecule has 5 heteroatoms. The third kappa shape index (κ3) is 7.98. The van der Waals surface area contributed by atoms with Gasteiger partial charge in [-0.05, 0) is 58.7 Å². The highest BCUT2D eigenvalue weighted by molar-refractivity contribution is 5.68. The van der Waals surface area contributed by atoms with Crippen LogP contribution in [-0.2, 0) is 11.2 Å². The van der Waals surface area contributed by atoms with E-state index in [0.29, 0.717) is 19.6 Å². The number of benzene rings is 1. The minimum Gasteiger partial charge on any atom is -0.444 e. The van der Waals surface area contributed by atoms with E-state index in [0.717, 1.165) is 12.0 Å². The van der Waals surface area contributed by atoms with Gasteiger partial charge in [0.15, 0.2) is 0 Å². The SMILES string of the molecule is CCN(CCNC(C)Cc1cccc(F)c1)C(=O)OC(C)(C)C. The van der Waals surface area contributed by atoms with Crippen LogP contribution >= 0.6 is 0 Å². The van der Waals surface area contributed by atoms with E-state index in [1.165, 1.54) is 6.07 Å². The van der Waals surface area contributed by atoms with Gasteiger partial charge in [0.2, 0.25) is 0 Å². The molecule has 0 aliphatic heterocycles. The number of hydrogen-bond donors (Lipinski definition) is 1. The summed E-state index contributed by atoms with van der Waals surface area (Å²) >= 11 is 0. The van der Waals surface area contributed by atoms with Crippen LogP contribution in [0.5, 0.6) is 0 Å². The molecule has 130 valence electrons. The van der Waals surface area contributed by atoms with E-state index in [9.17, 15) is 9.18 Å². The van der Waals surface area contributed by atoms with E-state index in [1.54, 1.807) is 17.0 Å². The van der Waals surface area contributed by atoms with Crippen LogP contribution in [0.25, 0.3) is 0 Å². The number of carbonyl (C=O) groups excluding carboxylic acids is 1. The molecule has 0 aliphatic carbocycles. The van der Waals surface area contributed by atoms with E-state index in [1.807, 2.05) is 33.8 Å². The van der Waals surface area contributed by atoms with Gasteiger partial charge in [-0.25, -0.2) is 9.18 Å². The zero-order valence-corrected chi connectivity index (χ0v) is 14.9. The highest BCUT2D eigenvalue weighted by atomic mass is 19.1. The lowest BCUT2D eigenvalue weighted by Gasteiger charge is -2.27. The number of nitrogens with zero attached hydrogens (tertiary/aromatic N) is 1. The first-order valence-corrected chi connectivity index (χ1v) is 8.17. The van der Waals surface area contributed by atoms with Gasteiger partial charge in [0, 0.05) is 25.7 Å². The lowest BCUT2D eigenvalue weighted by molar-refractivity contribution is 0.0261. The zero-order valence-electron chi connectivity index (χ0n) is 14.9. The fourth-order valence-corrected chi connectivity index (χ4v) is 2.24. The van der Waals surface area contributed by atoms with Crippen LogP contribution in [0, 0.1) is 5.82 Å². The average molecular weight is 324 g/mol. The summed E-state index contributed by atoms with van der Waals surface area (Å²) in [5, 5.41) is 3.36. The first kappa shape index (κ1) is 19.4. The lowest BCUT2D eigenvalue weighted by Crippen LogP contribution is -2.42. The number of halogens is 1. The van der Waals surface area contributed by atoms with E-state index in [-0.39, 0.29) is 18.0 Å². The van der Waals surface area contributed by atoms with Crippen molar-refractivity contribution in [1.29, 1.82) is 0 Å². The third-order valence-corrected chi connectivity index (χ3v) is 3.34. The Labute approximate surface area is 139 Å². The highest BCUT2D eigenvalue weighted by Gasteiger charge is 2.20. The molecule has 1 aromatic carbocycles. The molecule has 0 bridgehead atoms. The Kier molecular flexibility index (Phi) is 7.49. The maximum absolute atomic E-state index is 13.2. The molecule has 1 N–H and O–H groups in total. The molecule has 4 nitrogen and oxygen atoms in total. The minimum absolute atomic E-state index is 0.203. The molecule has 0 saturated carbocycles. The van der Waals surface area contributed by atoms with E-state index >= 15 is 0 Å². The Morgan fingerprint density at radius 1 is 1.39 bits per heavy atom. The summed E-state index contributed by atoms with van der Waals surface area (Å²) < 4.78 is 18.5. The van der Waals surface area contributed by atoms with Crippen LogP contribution in [0.1, 0.15) is 40.2 Å². The predicted octanol–water partition coefficient (Wildman–Crippen LogP) is 3.60. The largest absolute Gasteiger partial charge is 0.444 e. The highest BCUT2D eigenvalue weighted by Crippen LogP contribution is 2.10. The summed E-state index contributed by atoms with van der Waals surface area (Å²) in [7, 11) is 0. The molecule has 0 fully saturated rings. The second kappa shape index (κ2) is 8.87. The minimum atomic E-state index is -0.484. The molecule has 1 rings (SSSR count). The monoisotopic (exact) mass is 324 g/mol. The quantitative estimate of drug-likeness (QED) is 0.833. The predicted molar refractivity (Wildman–Crippen MR) is 91.0 cm³/mol. The molecule has 0 radical (unpaired) electrons.